The van der Waals surface area contributed by atoms with E-state index in [9.17, 15) is 23.5 Å². The smallest absolute Gasteiger partial charge is 0.375 e. The molecule has 2 aromatic heterocycles. The van der Waals surface area contributed by atoms with E-state index >= 15 is 0 Å². The number of nitrogens with zero attached hydrogens (tertiary/aromatic N) is 5. The first kappa shape index (κ1) is 17.6. The largest absolute Gasteiger partial charge is 0.422 e. The van der Waals surface area contributed by atoms with Crippen molar-refractivity contribution in [1.29, 1.82) is 5.26 Å². The first-order valence-corrected chi connectivity index (χ1v) is 9.17. The van der Waals surface area contributed by atoms with Crippen LogP contribution in [-0.4, -0.2) is 31.3 Å². The Kier molecular flexibility index (Phi) is 3.10. The Balaban J connectivity index is 1.61. The maximum Gasteiger partial charge on any atom is 0.422 e. The average molecular weight is 389 g/mol. The molecule has 2 aromatic rings. The summed E-state index contributed by atoms with van der Waals surface area (Å²) in [6.07, 6.45) is -1.05. The maximum absolute atomic E-state index is 13.4. The molecule has 3 fully saturated rings. The molecule has 6 nitrogen and oxygen atoms in total. The summed E-state index contributed by atoms with van der Waals surface area (Å²) in [7, 11) is 0. The fourth-order valence-electron chi connectivity index (χ4n) is 5.15. The zero-order chi connectivity index (χ0) is 20.1. The van der Waals surface area contributed by atoms with Crippen molar-refractivity contribution in [3.63, 3.8) is 0 Å². The van der Waals surface area contributed by atoms with E-state index in [-0.39, 0.29) is 16.7 Å². The molecule has 6 rings (SSSR count). The second kappa shape index (κ2) is 4.92. The molecule has 1 aliphatic heterocycles. The van der Waals surface area contributed by atoms with Crippen LogP contribution in [-0.2, 0) is 17.6 Å². The number of aromatic nitrogens is 4. The summed E-state index contributed by atoms with van der Waals surface area (Å²) in [6.45, 7) is 2.91. The molecule has 1 N–H and O–H groups in total. The monoisotopic (exact) mass is 389 g/mol. The number of hydrogen-bond acceptors (Lipinski definition) is 5. The first-order chi connectivity index (χ1) is 13.0. The summed E-state index contributed by atoms with van der Waals surface area (Å²) in [5.74, 6) is -0.312. The maximum atomic E-state index is 13.4. The van der Waals surface area contributed by atoms with Crippen LogP contribution in [0.2, 0.25) is 0 Å². The molecule has 0 amide bonds. The van der Waals surface area contributed by atoms with E-state index in [0.29, 0.717) is 30.3 Å². The summed E-state index contributed by atoms with van der Waals surface area (Å²) >= 11 is 0. The SMILES string of the molecule is C[C@@H]1Cn2nc(C34CC(C#N)(C3)C4)cc2-c2cnnc([C@](C)(O)C(F)(F)F)c21. The van der Waals surface area contributed by atoms with Crippen LogP contribution in [0.25, 0.3) is 11.3 Å². The van der Waals surface area contributed by atoms with E-state index < -0.39 is 17.5 Å². The molecule has 3 heterocycles. The zero-order valence-corrected chi connectivity index (χ0v) is 15.4. The molecule has 9 heteroatoms. The number of aliphatic hydroxyl groups is 1. The Hall–Kier alpha value is -2.47. The fraction of sp³-hybridized carbons (Fsp3) is 0.579. The number of fused-ring (bicyclic) bond motifs is 3. The van der Waals surface area contributed by atoms with Crippen molar-refractivity contribution in [3.05, 3.63) is 29.2 Å². The Bertz CT molecular complexity index is 1030. The van der Waals surface area contributed by atoms with Gasteiger partial charge in [-0.2, -0.15) is 33.7 Å². The lowest BCUT2D eigenvalue weighted by atomic mass is 9.35. The standard InChI is InChI=1S/C19H18F3N5O/c1-10-5-27-12(3-13(26-27)18-6-17(7-18,8-18)9-23)11-4-24-25-15(14(10)11)16(2,28)19(20,21)22/h3-4,10,28H,5-8H2,1-2H3/t10-,16+,17?,18?/m1/s1. The minimum Gasteiger partial charge on any atom is -0.375 e. The topological polar surface area (TPSA) is 87.6 Å². The van der Waals surface area contributed by atoms with Crippen molar-refractivity contribution in [2.45, 2.75) is 62.8 Å². The van der Waals surface area contributed by atoms with Crippen LogP contribution in [0.3, 0.4) is 0 Å². The van der Waals surface area contributed by atoms with E-state index in [1.54, 1.807) is 11.6 Å². The Morgan fingerprint density at radius 1 is 1.32 bits per heavy atom. The van der Waals surface area contributed by atoms with Crippen LogP contribution in [0, 0.1) is 16.7 Å². The van der Waals surface area contributed by atoms with Gasteiger partial charge in [-0.05, 0) is 37.8 Å². The van der Waals surface area contributed by atoms with Gasteiger partial charge in [-0.1, -0.05) is 6.92 Å². The summed E-state index contributed by atoms with van der Waals surface area (Å²) in [5.41, 5.74) is -1.36. The van der Waals surface area contributed by atoms with Gasteiger partial charge in [0.1, 0.15) is 5.69 Å². The summed E-state index contributed by atoms with van der Waals surface area (Å²) in [4.78, 5) is 0. The number of halogens is 3. The molecule has 0 aromatic carbocycles. The lowest BCUT2D eigenvalue weighted by Crippen LogP contribution is -2.63. The van der Waals surface area contributed by atoms with E-state index in [2.05, 4.69) is 16.3 Å². The van der Waals surface area contributed by atoms with Crippen LogP contribution in [0.4, 0.5) is 13.2 Å². The molecule has 3 aliphatic carbocycles. The highest BCUT2D eigenvalue weighted by Crippen LogP contribution is 2.73. The minimum absolute atomic E-state index is 0.0791. The van der Waals surface area contributed by atoms with Crippen LogP contribution in [0.1, 0.15) is 56.0 Å². The van der Waals surface area contributed by atoms with Gasteiger partial charge < -0.3 is 5.11 Å². The molecule has 3 saturated carbocycles. The van der Waals surface area contributed by atoms with Gasteiger partial charge >= 0.3 is 6.18 Å². The zero-order valence-electron chi connectivity index (χ0n) is 15.4. The second-order valence-corrected chi connectivity index (χ2v) is 8.79. The summed E-state index contributed by atoms with van der Waals surface area (Å²) < 4.78 is 42.1. The number of hydrogen-bond donors (Lipinski definition) is 1. The predicted molar refractivity (Wildman–Crippen MR) is 90.9 cm³/mol. The van der Waals surface area contributed by atoms with Crippen molar-refractivity contribution in [2.24, 2.45) is 5.41 Å². The van der Waals surface area contributed by atoms with Gasteiger partial charge in [0.15, 0.2) is 0 Å². The molecule has 2 atom stereocenters. The fourth-order valence-corrected chi connectivity index (χ4v) is 5.15. The molecule has 4 aliphatic rings. The average Bonchev–Trinajstić information content (AvgIpc) is 2.95. The van der Waals surface area contributed by atoms with Gasteiger partial charge in [0.25, 0.3) is 0 Å². The summed E-state index contributed by atoms with van der Waals surface area (Å²) in [5, 5.41) is 31.6. The predicted octanol–water partition coefficient (Wildman–Crippen LogP) is 3.17. The highest BCUT2D eigenvalue weighted by atomic mass is 19.4. The van der Waals surface area contributed by atoms with Gasteiger partial charge in [-0.15, -0.1) is 0 Å². The van der Waals surface area contributed by atoms with Crippen LogP contribution in [0.15, 0.2) is 12.3 Å². The van der Waals surface area contributed by atoms with Crippen molar-refractivity contribution in [3.8, 4) is 17.3 Å². The summed E-state index contributed by atoms with van der Waals surface area (Å²) in [6, 6.07) is 4.28. The van der Waals surface area contributed by atoms with Gasteiger partial charge in [0.2, 0.25) is 5.60 Å². The number of rotatable bonds is 2. The molecule has 0 saturated heterocycles. The van der Waals surface area contributed by atoms with Gasteiger partial charge in [-0.25, -0.2) is 0 Å². The van der Waals surface area contributed by atoms with E-state index in [0.717, 1.165) is 25.0 Å². The molecule has 0 spiro atoms. The van der Waals surface area contributed by atoms with Crippen molar-refractivity contribution < 1.29 is 18.3 Å². The third kappa shape index (κ3) is 1.99. The Morgan fingerprint density at radius 2 is 2.00 bits per heavy atom. The third-order valence-corrected chi connectivity index (χ3v) is 6.71. The first-order valence-electron chi connectivity index (χ1n) is 9.17. The lowest BCUT2D eigenvalue weighted by molar-refractivity contribution is -0.260. The molecule has 28 heavy (non-hydrogen) atoms. The highest BCUT2D eigenvalue weighted by molar-refractivity contribution is 5.68. The molecular weight excluding hydrogens is 371 g/mol. The van der Waals surface area contributed by atoms with Crippen LogP contribution < -0.4 is 0 Å². The molecule has 146 valence electrons. The normalized spacial score (nSPS) is 32.2. The quantitative estimate of drug-likeness (QED) is 0.852. The molecule has 0 radical (unpaired) electrons. The second-order valence-electron chi connectivity index (χ2n) is 8.79. The molecule has 2 bridgehead atoms. The van der Waals surface area contributed by atoms with Gasteiger partial charge in [-0.3, -0.25) is 4.68 Å². The van der Waals surface area contributed by atoms with Crippen LogP contribution >= 0.6 is 0 Å². The number of nitriles is 1. The Labute approximate surface area is 159 Å². The van der Waals surface area contributed by atoms with E-state index in [1.807, 2.05) is 6.07 Å². The third-order valence-electron chi connectivity index (χ3n) is 6.71. The van der Waals surface area contributed by atoms with Gasteiger partial charge in [0, 0.05) is 23.4 Å². The highest BCUT2D eigenvalue weighted by Gasteiger charge is 2.70. The van der Waals surface area contributed by atoms with Crippen molar-refractivity contribution in [2.75, 3.05) is 0 Å². The van der Waals surface area contributed by atoms with Crippen LogP contribution in [0.5, 0.6) is 0 Å². The van der Waals surface area contributed by atoms with E-state index in [4.69, 9.17) is 5.10 Å². The van der Waals surface area contributed by atoms with E-state index in [1.165, 1.54) is 6.20 Å². The number of alkyl halides is 3. The molecule has 0 unspecified atom stereocenters. The Morgan fingerprint density at radius 3 is 2.61 bits per heavy atom. The minimum atomic E-state index is -4.86. The lowest BCUT2D eigenvalue weighted by Gasteiger charge is -2.66. The van der Waals surface area contributed by atoms with Crippen molar-refractivity contribution >= 4 is 0 Å². The van der Waals surface area contributed by atoms with Crippen molar-refractivity contribution in [1.82, 2.24) is 20.0 Å². The molecular formula is C19H18F3N5O. The van der Waals surface area contributed by atoms with Gasteiger partial charge in [0.05, 0.1) is 29.1 Å².